The number of azo groups is 1. The number of hydrogen-bond acceptors (Lipinski definition) is 7. The van der Waals surface area contributed by atoms with Crippen molar-refractivity contribution in [2.24, 2.45) is 10.2 Å². The molecule has 0 saturated carbocycles. The molecule has 9 heteroatoms. The number of hydrogen-bond donors (Lipinski definition) is 2. The predicted molar refractivity (Wildman–Crippen MR) is 81.6 cm³/mol. The van der Waals surface area contributed by atoms with Gasteiger partial charge in [0.2, 0.25) is 0 Å². The number of carbonyl (C=O) groups excluding carboxylic acids is 2. The van der Waals surface area contributed by atoms with Gasteiger partial charge in [-0.15, -0.1) is 21.6 Å². The molecule has 1 aliphatic rings. The fraction of sp³-hybridized carbons (Fsp3) is 0. The molecule has 2 aromatic rings. The van der Waals surface area contributed by atoms with Crippen LogP contribution in [0.5, 0.6) is 0 Å². The maximum absolute atomic E-state index is 12.0. The number of amides is 2. The molecule has 116 valence electrons. The lowest BCUT2D eigenvalue weighted by molar-refractivity contribution is -0.115. The van der Waals surface area contributed by atoms with E-state index in [1.165, 1.54) is 17.4 Å². The number of anilines is 2. The topological polar surface area (TPSA) is 106 Å². The summed E-state index contributed by atoms with van der Waals surface area (Å²) in [5.74, 6) is -1.62. The minimum absolute atomic E-state index is 0.195. The van der Waals surface area contributed by atoms with E-state index in [0.717, 1.165) is 6.20 Å². The zero-order valence-corrected chi connectivity index (χ0v) is 12.3. The van der Waals surface area contributed by atoms with Crippen LogP contribution in [0.15, 0.2) is 63.9 Å². The first-order chi connectivity index (χ1) is 11.1. The summed E-state index contributed by atoms with van der Waals surface area (Å²) >= 11 is 1.17. The minimum Gasteiger partial charge on any atom is -0.284 e. The number of rotatable bonds is 2. The molecule has 0 unspecified atom stereocenters. The van der Waals surface area contributed by atoms with Crippen LogP contribution in [-0.2, 0) is 4.79 Å². The molecule has 0 spiro atoms. The highest BCUT2D eigenvalue weighted by Gasteiger charge is 2.27. The third kappa shape index (κ3) is 2.88. The molecule has 1 aromatic heterocycles. The molecule has 0 radical (unpaired) electrons. The third-order valence-corrected chi connectivity index (χ3v) is 3.87. The van der Waals surface area contributed by atoms with Crippen molar-refractivity contribution < 1.29 is 20.0 Å². The summed E-state index contributed by atoms with van der Waals surface area (Å²) in [6.07, 6.45) is 0.985. The van der Waals surface area contributed by atoms with Crippen LogP contribution in [0.2, 0.25) is 0 Å². The quantitative estimate of drug-likeness (QED) is 0.820. The van der Waals surface area contributed by atoms with Crippen molar-refractivity contribution in [2.75, 3.05) is 10.1 Å². The maximum atomic E-state index is 12.0. The Kier molecular flexibility index (Phi) is 3.98. The van der Waals surface area contributed by atoms with E-state index in [0.29, 0.717) is 15.0 Å². The summed E-state index contributed by atoms with van der Waals surface area (Å²) < 4.78 is 0. The molecular weight excluding hydrogens is 320 g/mol. The molecule has 23 heavy (non-hydrogen) atoms. The Balaban J connectivity index is 1.82. The van der Waals surface area contributed by atoms with Gasteiger partial charge in [0.1, 0.15) is 0 Å². The summed E-state index contributed by atoms with van der Waals surface area (Å²) in [5, 5.41) is 29.5. The number of hydroxylamine groups is 2. The lowest BCUT2D eigenvalue weighted by Gasteiger charge is -2.28. The number of fused-ring (bicyclic) bond motifs is 1. The number of carbonyl (C=O) groups is 2. The van der Waals surface area contributed by atoms with E-state index < -0.39 is 11.8 Å². The normalized spacial score (nSPS) is 13.9. The van der Waals surface area contributed by atoms with Gasteiger partial charge in [-0.1, -0.05) is 18.2 Å². The zero-order valence-electron chi connectivity index (χ0n) is 11.5. The fourth-order valence-corrected chi connectivity index (χ4v) is 2.55. The number of benzene rings is 1. The van der Waals surface area contributed by atoms with Crippen LogP contribution in [0.3, 0.4) is 0 Å². The molecule has 3 rings (SSSR count). The molecule has 0 bridgehead atoms. The predicted octanol–water partition coefficient (Wildman–Crippen LogP) is 2.81. The maximum Gasteiger partial charge on any atom is 0.316 e. The monoisotopic (exact) mass is 330 g/mol. The highest BCUT2D eigenvalue weighted by molar-refractivity contribution is 7.12. The standard InChI is InChI=1S/C14H10N4O4S/c19-13(15-16-14(20)12-6-3-7-23-12)11-8-17(21)9-4-1-2-5-10(9)18(11)22/h1-8,21-22H. The average molecular weight is 330 g/mol. The third-order valence-electron chi connectivity index (χ3n) is 3.01. The largest absolute Gasteiger partial charge is 0.316 e. The van der Waals surface area contributed by atoms with Crippen molar-refractivity contribution in [3.63, 3.8) is 0 Å². The smallest absolute Gasteiger partial charge is 0.284 e. The first-order valence-corrected chi connectivity index (χ1v) is 7.28. The van der Waals surface area contributed by atoms with Gasteiger partial charge in [0.25, 0.3) is 0 Å². The summed E-state index contributed by atoms with van der Waals surface area (Å²) in [4.78, 5) is 24.0. The van der Waals surface area contributed by atoms with Crippen LogP contribution in [-0.4, -0.2) is 22.2 Å². The van der Waals surface area contributed by atoms with Crippen molar-refractivity contribution in [3.05, 3.63) is 58.6 Å². The van der Waals surface area contributed by atoms with E-state index in [1.807, 2.05) is 0 Å². The van der Waals surface area contributed by atoms with Gasteiger partial charge in [0, 0.05) is 0 Å². The summed E-state index contributed by atoms with van der Waals surface area (Å²) in [6, 6.07) is 9.58. The second-order valence-corrected chi connectivity index (χ2v) is 5.39. The molecule has 2 heterocycles. The van der Waals surface area contributed by atoms with Crippen molar-refractivity contribution in [1.29, 1.82) is 0 Å². The van der Waals surface area contributed by atoms with Crippen molar-refractivity contribution in [2.45, 2.75) is 0 Å². The van der Waals surface area contributed by atoms with Gasteiger partial charge in [-0.05, 0) is 23.6 Å². The number of thiophene rings is 1. The minimum atomic E-state index is -0.967. The highest BCUT2D eigenvalue weighted by atomic mass is 32.1. The second-order valence-electron chi connectivity index (χ2n) is 4.45. The van der Waals surface area contributed by atoms with Crippen LogP contribution < -0.4 is 10.1 Å². The molecule has 1 aromatic carbocycles. The zero-order chi connectivity index (χ0) is 16.4. The number of nitrogens with zero attached hydrogens (tertiary/aromatic N) is 4. The van der Waals surface area contributed by atoms with E-state index >= 15 is 0 Å². The summed E-state index contributed by atoms with van der Waals surface area (Å²) in [5.41, 5.74) is 0.146. The Morgan fingerprint density at radius 2 is 1.65 bits per heavy atom. The number of para-hydroxylation sites is 2. The Morgan fingerprint density at radius 1 is 0.957 bits per heavy atom. The molecule has 2 amide bonds. The molecule has 0 saturated heterocycles. The van der Waals surface area contributed by atoms with E-state index in [4.69, 9.17) is 0 Å². The van der Waals surface area contributed by atoms with Crippen molar-refractivity contribution in [1.82, 2.24) is 0 Å². The first kappa shape index (κ1) is 15.0. The van der Waals surface area contributed by atoms with E-state index in [2.05, 4.69) is 10.2 Å². The van der Waals surface area contributed by atoms with Crippen LogP contribution in [0.1, 0.15) is 9.67 Å². The van der Waals surface area contributed by atoms with Crippen LogP contribution >= 0.6 is 11.3 Å². The van der Waals surface area contributed by atoms with Crippen LogP contribution in [0.25, 0.3) is 0 Å². The van der Waals surface area contributed by atoms with Gasteiger partial charge in [-0.3, -0.25) is 20.0 Å². The lowest BCUT2D eigenvalue weighted by atomic mass is 10.2. The highest BCUT2D eigenvalue weighted by Crippen LogP contribution is 2.34. The van der Waals surface area contributed by atoms with Gasteiger partial charge >= 0.3 is 11.8 Å². The summed E-state index contributed by atoms with van der Waals surface area (Å²) in [7, 11) is 0. The molecule has 2 N–H and O–H groups in total. The van der Waals surface area contributed by atoms with Gasteiger partial charge in [-0.25, -0.2) is 10.1 Å². The Hall–Kier alpha value is -2.88. The van der Waals surface area contributed by atoms with Crippen LogP contribution in [0, 0.1) is 0 Å². The molecule has 0 aliphatic carbocycles. The van der Waals surface area contributed by atoms with Gasteiger partial charge < -0.3 is 0 Å². The SMILES string of the molecule is O=C(N=NC(=O)c1cccs1)C1=CN(O)c2ccccc2N1O. The average Bonchev–Trinajstić information content (AvgIpc) is 3.10. The van der Waals surface area contributed by atoms with E-state index in [9.17, 15) is 20.0 Å². The van der Waals surface area contributed by atoms with E-state index in [1.54, 1.807) is 35.7 Å². The Bertz CT molecular complexity index is 816. The first-order valence-electron chi connectivity index (χ1n) is 6.40. The van der Waals surface area contributed by atoms with Gasteiger partial charge in [0.15, 0.2) is 5.70 Å². The van der Waals surface area contributed by atoms with Gasteiger partial charge in [0.05, 0.1) is 22.5 Å². The van der Waals surface area contributed by atoms with Crippen molar-refractivity contribution >= 4 is 34.5 Å². The lowest BCUT2D eigenvalue weighted by Crippen LogP contribution is -2.31. The van der Waals surface area contributed by atoms with E-state index in [-0.39, 0.29) is 17.1 Å². The van der Waals surface area contributed by atoms with Crippen molar-refractivity contribution in [3.8, 4) is 0 Å². The Labute approximate surface area is 134 Å². The Morgan fingerprint density at radius 3 is 2.35 bits per heavy atom. The molecule has 0 fully saturated rings. The van der Waals surface area contributed by atoms with Gasteiger partial charge in [-0.2, -0.15) is 0 Å². The second kappa shape index (κ2) is 6.08. The molecule has 8 nitrogen and oxygen atoms in total. The molecule has 1 aliphatic heterocycles. The molecular formula is C14H10N4O4S. The van der Waals surface area contributed by atoms with Crippen LogP contribution in [0.4, 0.5) is 11.4 Å². The summed E-state index contributed by atoms with van der Waals surface area (Å²) in [6.45, 7) is 0. The fourth-order valence-electron chi connectivity index (χ4n) is 1.94. The molecule has 0 atom stereocenters.